The first-order valence-electron chi connectivity index (χ1n) is 12.1. The number of benzene rings is 2. The average molecular weight is 572 g/mol. The van der Waals surface area contributed by atoms with Gasteiger partial charge in [0.2, 0.25) is 0 Å². The third-order valence-electron chi connectivity index (χ3n) is 7.09. The highest BCUT2D eigenvalue weighted by Gasteiger charge is 2.46. The summed E-state index contributed by atoms with van der Waals surface area (Å²) < 4.78 is 116. The minimum absolute atomic E-state index is 0.0375. The number of rotatable bonds is 5. The van der Waals surface area contributed by atoms with Crippen molar-refractivity contribution >= 4 is 15.8 Å². The van der Waals surface area contributed by atoms with Gasteiger partial charge in [0.1, 0.15) is 33.9 Å². The second-order valence-electron chi connectivity index (χ2n) is 9.51. The summed E-state index contributed by atoms with van der Waals surface area (Å²) in [5, 5.41) is 0. The molecule has 0 amide bonds. The summed E-state index contributed by atoms with van der Waals surface area (Å²) in [5.74, 6) is -4.00. The number of sulfonamides is 1. The largest absolute Gasteiger partial charge is 0.493 e. The van der Waals surface area contributed by atoms with Crippen molar-refractivity contribution in [1.29, 1.82) is 0 Å². The van der Waals surface area contributed by atoms with Crippen molar-refractivity contribution in [3.8, 4) is 5.75 Å². The Morgan fingerprint density at radius 1 is 0.949 bits per heavy atom. The molecule has 0 radical (unpaired) electrons. The van der Waals surface area contributed by atoms with Gasteiger partial charge in [-0.1, -0.05) is 12.1 Å². The lowest BCUT2D eigenvalue weighted by atomic mass is 9.84. The topological polar surface area (TPSA) is 71.5 Å². The number of fused-ring (bicyclic) bond motifs is 1. The van der Waals surface area contributed by atoms with E-state index < -0.39 is 56.5 Å². The van der Waals surface area contributed by atoms with Gasteiger partial charge in [-0.05, 0) is 55.3 Å². The molecule has 0 saturated carbocycles. The van der Waals surface area contributed by atoms with Gasteiger partial charge in [-0.25, -0.2) is 26.6 Å². The van der Waals surface area contributed by atoms with Crippen LogP contribution in [0.15, 0.2) is 59.6 Å². The summed E-state index contributed by atoms with van der Waals surface area (Å²) in [4.78, 5) is 4.72. The predicted molar refractivity (Wildman–Crippen MR) is 129 cm³/mol. The zero-order valence-corrected chi connectivity index (χ0v) is 21.1. The molecule has 39 heavy (non-hydrogen) atoms. The van der Waals surface area contributed by atoms with Crippen molar-refractivity contribution in [2.45, 2.75) is 42.4 Å². The van der Waals surface area contributed by atoms with Crippen LogP contribution >= 0.6 is 0 Å². The number of likely N-dealkylation sites (tertiary alicyclic amines) is 1. The first-order chi connectivity index (χ1) is 18.4. The number of halogens is 6. The molecule has 0 bridgehead atoms. The molecule has 3 aromatic rings. The summed E-state index contributed by atoms with van der Waals surface area (Å²) in [6.07, 6.45) is -3.71. The first kappa shape index (κ1) is 27.3. The Kier molecular flexibility index (Phi) is 7.23. The molecular weight excluding hydrogens is 548 g/mol. The fraction of sp³-hybridized carbons (Fsp3) is 0.346. The van der Waals surface area contributed by atoms with Crippen LogP contribution in [0.25, 0.3) is 0 Å². The van der Waals surface area contributed by atoms with Gasteiger partial charge in [-0.2, -0.15) is 13.2 Å². The second kappa shape index (κ2) is 10.3. The Morgan fingerprint density at radius 2 is 1.67 bits per heavy atom. The zero-order chi connectivity index (χ0) is 27.9. The molecule has 3 heterocycles. The van der Waals surface area contributed by atoms with Crippen LogP contribution in [0.3, 0.4) is 0 Å². The molecule has 1 fully saturated rings. The van der Waals surface area contributed by atoms with Crippen molar-refractivity contribution in [3.63, 3.8) is 0 Å². The summed E-state index contributed by atoms with van der Waals surface area (Å²) in [6, 6.07) is 8.05. The lowest BCUT2D eigenvalue weighted by Crippen LogP contribution is -2.44. The SMILES string of the molecule is O=S(=O)(Nc1ccc(F)cn1)c1cc2c(cc1F)[C@@H](N1CC[C@@H](C(F)(F)F)C[C@H]1c1ccc(F)cc1)CCO2. The van der Waals surface area contributed by atoms with Crippen LogP contribution < -0.4 is 9.46 Å². The number of alkyl halides is 3. The van der Waals surface area contributed by atoms with Crippen molar-refractivity contribution in [2.75, 3.05) is 17.9 Å². The predicted octanol–water partition coefficient (Wildman–Crippen LogP) is 6.14. The van der Waals surface area contributed by atoms with Gasteiger partial charge in [0.25, 0.3) is 10.0 Å². The van der Waals surface area contributed by atoms with E-state index >= 15 is 4.39 Å². The molecule has 1 saturated heterocycles. The minimum atomic E-state index is -4.48. The molecule has 5 rings (SSSR count). The summed E-state index contributed by atoms with van der Waals surface area (Å²) in [7, 11) is -4.48. The molecule has 13 heteroatoms. The standard InChI is InChI=1S/C26H23F6N3O3S/c27-17-3-1-15(2-4-17)22-11-16(26(30,31)32)7-9-35(22)21-8-10-38-23-13-24(20(29)12-19(21)23)39(36,37)34-25-6-5-18(28)14-33-25/h1-6,12-14,16,21-22H,7-11H2,(H,33,34)/t16-,21+,22+/m1/s1. The van der Waals surface area contributed by atoms with Crippen molar-refractivity contribution in [1.82, 2.24) is 9.88 Å². The summed E-state index contributed by atoms with van der Waals surface area (Å²) in [5.41, 5.74) is 0.796. The third kappa shape index (κ3) is 5.69. The minimum Gasteiger partial charge on any atom is -0.493 e. The highest BCUT2D eigenvalue weighted by atomic mass is 32.2. The number of ether oxygens (including phenoxy) is 1. The van der Waals surface area contributed by atoms with E-state index in [1.807, 2.05) is 4.90 Å². The van der Waals surface area contributed by atoms with Crippen LogP contribution in [0.5, 0.6) is 5.75 Å². The molecule has 0 unspecified atom stereocenters. The Balaban J connectivity index is 1.48. The van der Waals surface area contributed by atoms with Crippen LogP contribution in [0.1, 0.15) is 42.5 Å². The number of nitrogens with one attached hydrogen (secondary N) is 1. The van der Waals surface area contributed by atoms with Gasteiger partial charge >= 0.3 is 6.18 Å². The maximum Gasteiger partial charge on any atom is 0.391 e. The normalized spacial score (nSPS) is 22.2. The smallest absolute Gasteiger partial charge is 0.391 e. The number of anilines is 1. The Bertz CT molecular complexity index is 1450. The maximum absolute atomic E-state index is 15.3. The van der Waals surface area contributed by atoms with Gasteiger partial charge in [0, 0.05) is 30.1 Å². The number of nitrogens with zero attached hydrogens (tertiary/aromatic N) is 2. The van der Waals surface area contributed by atoms with E-state index in [1.165, 1.54) is 24.3 Å². The fourth-order valence-electron chi connectivity index (χ4n) is 5.22. The number of hydrogen-bond acceptors (Lipinski definition) is 5. The van der Waals surface area contributed by atoms with E-state index in [0.717, 1.165) is 30.5 Å². The molecule has 2 aliphatic rings. The molecule has 1 N–H and O–H groups in total. The fourth-order valence-corrected chi connectivity index (χ4v) is 6.30. The van der Waals surface area contributed by atoms with E-state index in [4.69, 9.17) is 4.74 Å². The van der Waals surface area contributed by atoms with Crippen LogP contribution in [0.2, 0.25) is 0 Å². The Morgan fingerprint density at radius 3 is 2.33 bits per heavy atom. The molecule has 0 spiro atoms. The van der Waals surface area contributed by atoms with E-state index in [2.05, 4.69) is 9.71 Å². The highest BCUT2D eigenvalue weighted by Crippen LogP contribution is 2.48. The molecular formula is C26H23F6N3O3S. The third-order valence-corrected chi connectivity index (χ3v) is 8.46. The Hall–Kier alpha value is -3.32. The summed E-state index contributed by atoms with van der Waals surface area (Å²) in [6.45, 7) is 0.154. The van der Waals surface area contributed by atoms with Gasteiger partial charge in [-0.3, -0.25) is 9.62 Å². The average Bonchev–Trinajstić information content (AvgIpc) is 2.89. The van der Waals surface area contributed by atoms with Crippen LogP contribution in [0.4, 0.5) is 32.2 Å². The van der Waals surface area contributed by atoms with Gasteiger partial charge in [-0.15, -0.1) is 0 Å². The van der Waals surface area contributed by atoms with Crippen molar-refractivity contribution in [3.05, 3.63) is 83.3 Å². The lowest BCUT2D eigenvalue weighted by Gasteiger charge is -2.46. The van der Waals surface area contributed by atoms with Gasteiger partial charge < -0.3 is 4.74 Å². The van der Waals surface area contributed by atoms with E-state index in [9.17, 15) is 30.4 Å². The molecule has 2 aromatic carbocycles. The molecule has 208 valence electrons. The first-order valence-corrected chi connectivity index (χ1v) is 13.6. The second-order valence-corrected chi connectivity index (χ2v) is 11.2. The monoisotopic (exact) mass is 571 g/mol. The van der Waals surface area contributed by atoms with E-state index in [0.29, 0.717) is 17.5 Å². The molecule has 2 aliphatic heterocycles. The molecule has 6 nitrogen and oxygen atoms in total. The number of aromatic nitrogens is 1. The van der Waals surface area contributed by atoms with E-state index in [1.54, 1.807) is 0 Å². The molecule has 0 aliphatic carbocycles. The van der Waals surface area contributed by atoms with Crippen molar-refractivity contribution in [2.24, 2.45) is 5.92 Å². The number of hydrogen-bond donors (Lipinski definition) is 1. The quantitative estimate of drug-likeness (QED) is 0.373. The Labute approximate surface area is 220 Å². The van der Waals surface area contributed by atoms with Gasteiger partial charge in [0.05, 0.1) is 18.7 Å². The molecule has 1 aromatic heterocycles. The number of pyridine rings is 1. The summed E-state index contributed by atoms with van der Waals surface area (Å²) >= 11 is 0. The maximum atomic E-state index is 15.3. The number of piperidine rings is 1. The lowest BCUT2D eigenvalue weighted by molar-refractivity contribution is -0.192. The molecule has 3 atom stereocenters. The van der Waals surface area contributed by atoms with Crippen LogP contribution in [0, 0.1) is 23.4 Å². The zero-order valence-electron chi connectivity index (χ0n) is 20.3. The highest BCUT2D eigenvalue weighted by molar-refractivity contribution is 7.92. The van der Waals surface area contributed by atoms with Crippen molar-refractivity contribution < 1.29 is 39.5 Å². The van der Waals surface area contributed by atoms with Gasteiger partial charge in [0.15, 0.2) is 0 Å². The van der Waals surface area contributed by atoms with Crippen LogP contribution in [-0.4, -0.2) is 37.6 Å². The van der Waals surface area contributed by atoms with Crippen LogP contribution in [-0.2, 0) is 10.0 Å². The van der Waals surface area contributed by atoms with E-state index in [-0.39, 0.29) is 37.6 Å².